The molecule has 0 spiro atoms. The molecular formula is C19H17ClN2O2. The van der Waals surface area contributed by atoms with Crippen LogP contribution in [0, 0.1) is 11.8 Å². The molecule has 0 bridgehead atoms. The Morgan fingerprint density at radius 2 is 1.92 bits per heavy atom. The number of hydrogen-bond donors (Lipinski definition) is 1. The van der Waals surface area contributed by atoms with Crippen LogP contribution in [0.15, 0.2) is 48.5 Å². The van der Waals surface area contributed by atoms with Crippen LogP contribution in [0.3, 0.4) is 0 Å². The summed E-state index contributed by atoms with van der Waals surface area (Å²) in [7, 11) is 0. The summed E-state index contributed by atoms with van der Waals surface area (Å²) in [5.74, 6) is 0.115. The van der Waals surface area contributed by atoms with Crippen molar-refractivity contribution in [1.29, 1.82) is 0 Å². The lowest BCUT2D eigenvalue weighted by atomic mass is 9.98. The molecule has 1 heterocycles. The van der Waals surface area contributed by atoms with Gasteiger partial charge in [-0.2, -0.15) is 0 Å². The summed E-state index contributed by atoms with van der Waals surface area (Å²) in [5.41, 5.74) is 7.81. The van der Waals surface area contributed by atoms with Crippen LogP contribution in [0.1, 0.15) is 16.8 Å². The monoisotopic (exact) mass is 340 g/mol. The van der Waals surface area contributed by atoms with Gasteiger partial charge in [0.1, 0.15) is 6.04 Å². The van der Waals surface area contributed by atoms with Crippen molar-refractivity contribution in [2.45, 2.75) is 12.5 Å². The first-order chi connectivity index (χ1) is 11.6. The highest BCUT2D eigenvalue weighted by Gasteiger charge is 2.56. The molecule has 1 saturated heterocycles. The minimum absolute atomic E-state index is 0.137. The van der Waals surface area contributed by atoms with E-state index >= 15 is 0 Å². The van der Waals surface area contributed by atoms with E-state index in [1.165, 1.54) is 0 Å². The molecule has 2 aromatic rings. The maximum Gasteiger partial charge on any atom is 0.255 e. The van der Waals surface area contributed by atoms with Gasteiger partial charge >= 0.3 is 0 Å². The lowest BCUT2D eigenvalue weighted by Crippen LogP contribution is -2.46. The fraction of sp³-hybridized carbons (Fsp3) is 0.263. The Morgan fingerprint density at radius 3 is 2.67 bits per heavy atom. The Hall–Kier alpha value is -2.33. The third-order valence-corrected chi connectivity index (χ3v) is 5.23. The molecule has 0 aromatic heterocycles. The molecule has 24 heavy (non-hydrogen) atoms. The van der Waals surface area contributed by atoms with Crippen molar-refractivity contribution in [3.8, 4) is 11.1 Å². The number of halogens is 1. The van der Waals surface area contributed by atoms with Gasteiger partial charge in [0, 0.05) is 17.1 Å². The summed E-state index contributed by atoms with van der Waals surface area (Å²) >= 11 is 6.09. The van der Waals surface area contributed by atoms with Crippen LogP contribution in [0.2, 0.25) is 5.02 Å². The summed E-state index contributed by atoms with van der Waals surface area (Å²) in [6, 6.07) is 14.3. The molecule has 2 fully saturated rings. The maximum absolute atomic E-state index is 13.1. The van der Waals surface area contributed by atoms with Gasteiger partial charge in [-0.1, -0.05) is 41.9 Å². The van der Waals surface area contributed by atoms with Crippen molar-refractivity contribution >= 4 is 23.4 Å². The van der Waals surface area contributed by atoms with Crippen LogP contribution in [0.25, 0.3) is 11.1 Å². The number of nitrogens with zero attached hydrogens (tertiary/aromatic N) is 1. The van der Waals surface area contributed by atoms with Crippen molar-refractivity contribution < 1.29 is 9.59 Å². The molecule has 2 aliphatic rings. The maximum atomic E-state index is 13.1. The number of hydrogen-bond acceptors (Lipinski definition) is 2. The number of rotatable bonds is 3. The molecular weight excluding hydrogens is 324 g/mol. The Labute approximate surface area is 145 Å². The first-order valence-electron chi connectivity index (χ1n) is 8.01. The van der Waals surface area contributed by atoms with Crippen LogP contribution in [-0.4, -0.2) is 29.3 Å². The zero-order valence-corrected chi connectivity index (χ0v) is 13.7. The van der Waals surface area contributed by atoms with Crippen molar-refractivity contribution in [1.82, 2.24) is 4.90 Å². The van der Waals surface area contributed by atoms with E-state index in [1.807, 2.05) is 36.4 Å². The standard InChI is InChI=1S/C19H17ClN2O2/c20-13-5-3-4-11(8-13)14-6-1-2-7-15(14)19(24)22-10-12-9-16(12)17(22)18(21)23/h1-8,12,16-17H,9-10H2,(H2,21,23)/t12-,16?,17-/m0/s1. The predicted octanol–water partition coefficient (Wildman–Crippen LogP) is 2.95. The van der Waals surface area contributed by atoms with E-state index in [-0.39, 0.29) is 11.8 Å². The highest BCUT2D eigenvalue weighted by Crippen LogP contribution is 2.50. The number of carbonyl (C=O) groups is 2. The SMILES string of the molecule is NC(=O)[C@@H]1C2C[C@H]2CN1C(=O)c1ccccc1-c1cccc(Cl)c1. The van der Waals surface area contributed by atoms with Crippen molar-refractivity contribution in [3.63, 3.8) is 0 Å². The molecule has 1 unspecified atom stereocenters. The number of benzene rings is 2. The second-order valence-electron chi connectivity index (χ2n) is 6.52. The summed E-state index contributed by atoms with van der Waals surface area (Å²) < 4.78 is 0. The molecule has 4 rings (SSSR count). The van der Waals surface area contributed by atoms with Gasteiger partial charge in [0.05, 0.1) is 0 Å². The number of fused-ring (bicyclic) bond motifs is 1. The van der Waals surface area contributed by atoms with Crippen LogP contribution in [0.5, 0.6) is 0 Å². The normalized spacial score (nSPS) is 24.5. The van der Waals surface area contributed by atoms with Crippen LogP contribution < -0.4 is 5.73 Å². The van der Waals surface area contributed by atoms with Crippen molar-refractivity contribution in [2.24, 2.45) is 17.6 Å². The highest BCUT2D eigenvalue weighted by molar-refractivity contribution is 6.30. The van der Waals surface area contributed by atoms with Crippen LogP contribution >= 0.6 is 11.6 Å². The lowest BCUT2D eigenvalue weighted by Gasteiger charge is -2.26. The summed E-state index contributed by atoms with van der Waals surface area (Å²) in [6.45, 7) is 0.612. The average molecular weight is 341 g/mol. The summed E-state index contributed by atoms with van der Waals surface area (Å²) in [5, 5.41) is 0.618. The van der Waals surface area contributed by atoms with Gasteiger partial charge in [0.25, 0.3) is 5.91 Å². The van der Waals surface area contributed by atoms with E-state index in [0.29, 0.717) is 23.0 Å². The second kappa shape index (κ2) is 5.64. The Bertz CT molecular complexity index is 836. The molecule has 1 aliphatic heterocycles. The Kier molecular flexibility index (Phi) is 3.57. The van der Waals surface area contributed by atoms with Gasteiger partial charge in [-0.3, -0.25) is 9.59 Å². The number of likely N-dealkylation sites (tertiary alicyclic amines) is 1. The van der Waals surface area contributed by atoms with E-state index in [9.17, 15) is 9.59 Å². The van der Waals surface area contributed by atoms with Crippen LogP contribution in [-0.2, 0) is 4.79 Å². The quantitative estimate of drug-likeness (QED) is 0.933. The fourth-order valence-electron chi connectivity index (χ4n) is 3.77. The van der Waals surface area contributed by atoms with E-state index in [2.05, 4.69) is 0 Å². The van der Waals surface area contributed by atoms with E-state index < -0.39 is 11.9 Å². The smallest absolute Gasteiger partial charge is 0.255 e. The molecule has 3 atom stereocenters. The first-order valence-corrected chi connectivity index (χ1v) is 8.39. The summed E-state index contributed by atoms with van der Waals surface area (Å²) in [4.78, 5) is 26.5. The first kappa shape index (κ1) is 15.2. The second-order valence-corrected chi connectivity index (χ2v) is 6.96. The van der Waals surface area contributed by atoms with E-state index in [1.54, 1.807) is 17.0 Å². The molecule has 2 amide bonds. The number of carbonyl (C=O) groups excluding carboxylic acids is 2. The van der Waals surface area contributed by atoms with Crippen LogP contribution in [0.4, 0.5) is 0 Å². The van der Waals surface area contributed by atoms with Gasteiger partial charge in [-0.15, -0.1) is 0 Å². The Balaban J connectivity index is 1.72. The molecule has 122 valence electrons. The molecule has 2 N–H and O–H groups in total. The van der Waals surface area contributed by atoms with Crippen molar-refractivity contribution in [3.05, 3.63) is 59.1 Å². The zero-order chi connectivity index (χ0) is 16.8. The predicted molar refractivity (Wildman–Crippen MR) is 92.5 cm³/mol. The minimum atomic E-state index is -0.477. The van der Waals surface area contributed by atoms with Gasteiger partial charge in [-0.05, 0) is 47.6 Å². The van der Waals surface area contributed by atoms with Gasteiger partial charge < -0.3 is 10.6 Å². The third-order valence-electron chi connectivity index (χ3n) is 5.00. The largest absolute Gasteiger partial charge is 0.368 e. The average Bonchev–Trinajstić information content (AvgIpc) is 3.23. The summed E-state index contributed by atoms with van der Waals surface area (Å²) in [6.07, 6.45) is 0.993. The number of piperidine rings is 1. The minimum Gasteiger partial charge on any atom is -0.368 e. The molecule has 1 aliphatic carbocycles. The van der Waals surface area contributed by atoms with Gasteiger partial charge in [-0.25, -0.2) is 0 Å². The molecule has 5 heteroatoms. The van der Waals surface area contributed by atoms with E-state index in [4.69, 9.17) is 17.3 Å². The molecule has 2 aromatic carbocycles. The van der Waals surface area contributed by atoms with Gasteiger partial charge in [0.2, 0.25) is 5.91 Å². The van der Waals surface area contributed by atoms with Gasteiger partial charge in [0.15, 0.2) is 0 Å². The van der Waals surface area contributed by atoms with E-state index in [0.717, 1.165) is 17.5 Å². The topological polar surface area (TPSA) is 63.4 Å². The third kappa shape index (κ3) is 2.47. The molecule has 4 nitrogen and oxygen atoms in total. The fourth-order valence-corrected chi connectivity index (χ4v) is 3.96. The molecule has 1 saturated carbocycles. The molecule has 0 radical (unpaired) electrons. The number of amides is 2. The van der Waals surface area contributed by atoms with Crippen molar-refractivity contribution in [2.75, 3.05) is 6.54 Å². The zero-order valence-electron chi connectivity index (χ0n) is 13.0. The highest BCUT2D eigenvalue weighted by atomic mass is 35.5. The number of nitrogens with two attached hydrogens (primary N) is 1. The number of primary amides is 1. The lowest BCUT2D eigenvalue weighted by molar-refractivity contribution is -0.122. The Morgan fingerprint density at radius 1 is 1.12 bits per heavy atom.